The minimum atomic E-state index is -0.860. The number of ketones is 1. The van der Waals surface area contributed by atoms with Crippen molar-refractivity contribution >= 4 is 17.4 Å². The van der Waals surface area contributed by atoms with Gasteiger partial charge in [0, 0.05) is 6.54 Å². The number of amides is 1. The maximum absolute atomic E-state index is 13.3. The molecular formula is C29H29NO6. The zero-order chi connectivity index (χ0) is 26.0. The standard InChI is InChI=1S/C29H29NO6/c1-29(2,3)36-21-15-9-18(10-16-21)17-30-25(19-11-13-20(31)14-12-19)24(27(33)28(30)34)26(32)22-7-5-6-8-23(22)35-4/h5-16,25,31-32H,17H2,1-4H3/b26-24-. The van der Waals surface area contributed by atoms with Gasteiger partial charge in [0.1, 0.15) is 28.6 Å². The highest BCUT2D eigenvalue weighted by Gasteiger charge is 2.46. The number of methoxy groups -OCH3 is 1. The summed E-state index contributed by atoms with van der Waals surface area (Å²) in [5.41, 5.74) is 1.29. The summed E-state index contributed by atoms with van der Waals surface area (Å²) < 4.78 is 11.2. The summed E-state index contributed by atoms with van der Waals surface area (Å²) in [5, 5.41) is 21.1. The van der Waals surface area contributed by atoms with Crippen molar-refractivity contribution in [2.45, 2.75) is 39.0 Å². The summed E-state index contributed by atoms with van der Waals surface area (Å²) in [5.74, 6) is -0.710. The molecule has 1 amide bonds. The van der Waals surface area contributed by atoms with Gasteiger partial charge in [0.05, 0.1) is 24.3 Å². The number of Topliss-reactive ketones (excluding diaryl/α,β-unsaturated/α-hetero) is 1. The van der Waals surface area contributed by atoms with Crippen molar-refractivity contribution in [3.63, 3.8) is 0 Å². The molecular weight excluding hydrogens is 458 g/mol. The second-order valence-corrected chi connectivity index (χ2v) is 9.58. The predicted molar refractivity (Wildman–Crippen MR) is 136 cm³/mol. The van der Waals surface area contributed by atoms with Crippen LogP contribution in [0.2, 0.25) is 0 Å². The molecule has 4 rings (SSSR count). The number of nitrogens with zero attached hydrogens (tertiary/aromatic N) is 1. The lowest BCUT2D eigenvalue weighted by molar-refractivity contribution is -0.140. The summed E-state index contributed by atoms with van der Waals surface area (Å²) in [4.78, 5) is 27.9. The van der Waals surface area contributed by atoms with E-state index in [0.717, 1.165) is 5.56 Å². The number of aromatic hydroxyl groups is 1. The number of carbonyl (C=O) groups excluding carboxylic acids is 2. The van der Waals surface area contributed by atoms with E-state index < -0.39 is 17.7 Å². The smallest absolute Gasteiger partial charge is 0.295 e. The van der Waals surface area contributed by atoms with Gasteiger partial charge < -0.3 is 24.6 Å². The lowest BCUT2D eigenvalue weighted by Gasteiger charge is -2.26. The van der Waals surface area contributed by atoms with Crippen molar-refractivity contribution in [3.8, 4) is 17.2 Å². The summed E-state index contributed by atoms with van der Waals surface area (Å²) in [7, 11) is 1.47. The van der Waals surface area contributed by atoms with Crippen molar-refractivity contribution in [2.75, 3.05) is 7.11 Å². The highest BCUT2D eigenvalue weighted by molar-refractivity contribution is 6.46. The first-order valence-electron chi connectivity index (χ1n) is 11.6. The molecule has 1 atom stereocenters. The van der Waals surface area contributed by atoms with Crippen LogP contribution in [-0.4, -0.2) is 39.5 Å². The Morgan fingerprint density at radius 1 is 0.944 bits per heavy atom. The van der Waals surface area contributed by atoms with Gasteiger partial charge in [0.2, 0.25) is 0 Å². The van der Waals surface area contributed by atoms with Crippen molar-refractivity contribution in [1.82, 2.24) is 4.90 Å². The van der Waals surface area contributed by atoms with E-state index in [4.69, 9.17) is 9.47 Å². The van der Waals surface area contributed by atoms with Crippen LogP contribution in [0.5, 0.6) is 17.2 Å². The number of ether oxygens (including phenoxy) is 2. The lowest BCUT2D eigenvalue weighted by atomic mass is 9.94. The summed E-state index contributed by atoms with van der Waals surface area (Å²) in [6.45, 7) is 6.01. The maximum Gasteiger partial charge on any atom is 0.295 e. The molecule has 1 aliphatic rings. The fraction of sp³-hybridized carbons (Fsp3) is 0.241. The minimum Gasteiger partial charge on any atom is -0.508 e. The molecule has 36 heavy (non-hydrogen) atoms. The van der Waals surface area contributed by atoms with Crippen LogP contribution in [0.3, 0.4) is 0 Å². The molecule has 0 saturated carbocycles. The number of rotatable bonds is 6. The number of aliphatic hydroxyl groups is 1. The van der Waals surface area contributed by atoms with Gasteiger partial charge in [-0.05, 0) is 68.3 Å². The van der Waals surface area contributed by atoms with Crippen LogP contribution in [0, 0.1) is 0 Å². The first kappa shape index (κ1) is 24.9. The van der Waals surface area contributed by atoms with Gasteiger partial charge in [-0.1, -0.05) is 36.4 Å². The Morgan fingerprint density at radius 2 is 1.58 bits per heavy atom. The maximum atomic E-state index is 13.3. The number of aliphatic hydroxyl groups excluding tert-OH is 1. The number of phenolic OH excluding ortho intramolecular Hbond substituents is 1. The molecule has 0 bridgehead atoms. The fourth-order valence-electron chi connectivity index (χ4n) is 4.24. The Balaban J connectivity index is 1.78. The molecule has 1 aliphatic heterocycles. The molecule has 1 saturated heterocycles. The van der Waals surface area contributed by atoms with Crippen LogP contribution in [-0.2, 0) is 16.1 Å². The normalized spacial score (nSPS) is 17.3. The summed E-state index contributed by atoms with van der Waals surface area (Å²) in [6.07, 6.45) is 0. The van der Waals surface area contributed by atoms with Crippen molar-refractivity contribution < 1.29 is 29.3 Å². The molecule has 7 heteroatoms. The third-order valence-electron chi connectivity index (χ3n) is 5.81. The Morgan fingerprint density at radius 3 is 2.19 bits per heavy atom. The second-order valence-electron chi connectivity index (χ2n) is 9.58. The highest BCUT2D eigenvalue weighted by Crippen LogP contribution is 2.42. The van der Waals surface area contributed by atoms with E-state index in [0.29, 0.717) is 22.6 Å². The van der Waals surface area contributed by atoms with Gasteiger partial charge in [-0.25, -0.2) is 0 Å². The molecule has 1 heterocycles. The molecule has 3 aromatic carbocycles. The number of para-hydroxylation sites is 1. The molecule has 1 unspecified atom stereocenters. The van der Waals surface area contributed by atoms with Gasteiger partial charge in [-0.15, -0.1) is 0 Å². The number of phenols is 1. The van der Waals surface area contributed by atoms with E-state index in [-0.39, 0.29) is 29.2 Å². The average molecular weight is 488 g/mol. The predicted octanol–water partition coefficient (Wildman–Crippen LogP) is 5.20. The Bertz CT molecular complexity index is 1300. The zero-order valence-electron chi connectivity index (χ0n) is 20.7. The summed E-state index contributed by atoms with van der Waals surface area (Å²) >= 11 is 0. The Labute approximate surface area is 210 Å². The van der Waals surface area contributed by atoms with E-state index in [1.165, 1.54) is 24.1 Å². The molecule has 0 aliphatic carbocycles. The quantitative estimate of drug-likeness (QED) is 0.282. The first-order chi connectivity index (χ1) is 17.1. The van der Waals surface area contributed by atoms with Crippen LogP contribution in [0.4, 0.5) is 0 Å². The Kier molecular flexibility index (Phi) is 6.75. The van der Waals surface area contributed by atoms with Crippen LogP contribution in [0.1, 0.15) is 43.5 Å². The monoisotopic (exact) mass is 487 g/mol. The van der Waals surface area contributed by atoms with Crippen molar-refractivity contribution in [2.24, 2.45) is 0 Å². The molecule has 186 valence electrons. The number of likely N-dealkylation sites (tertiary alicyclic amines) is 1. The van der Waals surface area contributed by atoms with E-state index >= 15 is 0 Å². The van der Waals surface area contributed by atoms with Crippen LogP contribution in [0.25, 0.3) is 5.76 Å². The number of hydrogen-bond donors (Lipinski definition) is 2. The van der Waals surface area contributed by atoms with E-state index in [2.05, 4.69) is 0 Å². The number of carbonyl (C=O) groups is 2. The largest absolute Gasteiger partial charge is 0.508 e. The molecule has 3 aromatic rings. The third-order valence-corrected chi connectivity index (χ3v) is 5.81. The topological polar surface area (TPSA) is 96.3 Å². The molecule has 7 nitrogen and oxygen atoms in total. The zero-order valence-corrected chi connectivity index (χ0v) is 20.7. The molecule has 2 N–H and O–H groups in total. The van der Waals surface area contributed by atoms with Gasteiger partial charge >= 0.3 is 0 Å². The highest BCUT2D eigenvalue weighted by atomic mass is 16.5. The molecule has 0 spiro atoms. The van der Waals surface area contributed by atoms with Crippen LogP contribution in [0.15, 0.2) is 78.4 Å². The second kappa shape index (κ2) is 9.77. The lowest BCUT2D eigenvalue weighted by Crippen LogP contribution is -2.29. The summed E-state index contributed by atoms with van der Waals surface area (Å²) in [6, 6.07) is 19.5. The Hall–Kier alpha value is -4.26. The van der Waals surface area contributed by atoms with E-state index in [1.807, 2.05) is 45.0 Å². The molecule has 1 fully saturated rings. The van der Waals surface area contributed by atoms with Gasteiger partial charge in [-0.3, -0.25) is 9.59 Å². The van der Waals surface area contributed by atoms with E-state index in [1.54, 1.807) is 36.4 Å². The average Bonchev–Trinajstić information content (AvgIpc) is 3.09. The minimum absolute atomic E-state index is 0.0390. The number of benzene rings is 3. The molecule has 0 radical (unpaired) electrons. The van der Waals surface area contributed by atoms with Gasteiger partial charge in [-0.2, -0.15) is 0 Å². The van der Waals surface area contributed by atoms with Crippen molar-refractivity contribution in [1.29, 1.82) is 0 Å². The van der Waals surface area contributed by atoms with Crippen molar-refractivity contribution in [3.05, 3.63) is 95.1 Å². The van der Waals surface area contributed by atoms with Gasteiger partial charge in [0.25, 0.3) is 11.7 Å². The van der Waals surface area contributed by atoms with Crippen LogP contribution >= 0.6 is 0 Å². The van der Waals surface area contributed by atoms with Crippen LogP contribution < -0.4 is 9.47 Å². The van der Waals surface area contributed by atoms with E-state index in [9.17, 15) is 19.8 Å². The number of hydrogen-bond acceptors (Lipinski definition) is 6. The first-order valence-corrected chi connectivity index (χ1v) is 11.6. The molecule has 0 aromatic heterocycles. The fourth-order valence-corrected chi connectivity index (χ4v) is 4.24. The SMILES string of the molecule is COc1ccccc1/C(O)=C1/C(=O)C(=O)N(Cc2ccc(OC(C)(C)C)cc2)C1c1ccc(O)cc1. The van der Waals surface area contributed by atoms with Gasteiger partial charge in [0.15, 0.2) is 0 Å². The third kappa shape index (κ3) is 5.05.